The van der Waals surface area contributed by atoms with Crippen LogP contribution in [0, 0.1) is 12.7 Å². The van der Waals surface area contributed by atoms with Crippen LogP contribution in [0.5, 0.6) is 5.88 Å². The van der Waals surface area contributed by atoms with Gasteiger partial charge in [0.2, 0.25) is 17.7 Å². The molecule has 2 N–H and O–H groups in total. The van der Waals surface area contributed by atoms with Crippen molar-refractivity contribution in [2.75, 3.05) is 38.8 Å². The number of carbonyl (C=O) groups is 1. The molecule has 3 aromatic heterocycles. The molecule has 4 aromatic rings. The summed E-state index contributed by atoms with van der Waals surface area (Å²) in [5, 5.41) is 15.8. The number of piperidine rings is 1. The lowest BCUT2D eigenvalue weighted by atomic mass is 10.0. The Morgan fingerprint density at radius 3 is 2.79 bits per heavy atom. The number of aliphatic hydroxyl groups excluding tert-OH is 1. The molecule has 1 atom stereocenters. The van der Waals surface area contributed by atoms with Gasteiger partial charge in [0.25, 0.3) is 5.92 Å². The average molecular weight is 536 g/mol. The zero-order valence-corrected chi connectivity index (χ0v) is 20.6. The van der Waals surface area contributed by atoms with Crippen molar-refractivity contribution in [3.05, 3.63) is 36.0 Å². The van der Waals surface area contributed by atoms with E-state index in [1.807, 2.05) is 0 Å². The van der Waals surface area contributed by atoms with Gasteiger partial charge < -0.3 is 24.6 Å². The second-order valence-electron chi connectivity index (χ2n) is 9.01. The molecule has 0 bridgehead atoms. The van der Waals surface area contributed by atoms with Gasteiger partial charge >= 0.3 is 0 Å². The first-order valence-corrected chi connectivity index (χ1v) is 11.9. The number of hydrogen-bond acceptors (Lipinski definition) is 7. The van der Waals surface area contributed by atoms with Crippen molar-refractivity contribution in [2.45, 2.75) is 31.9 Å². The lowest BCUT2D eigenvalue weighted by Gasteiger charge is -2.38. The number of hydrogen-bond donors (Lipinski definition) is 2. The summed E-state index contributed by atoms with van der Waals surface area (Å²) in [7, 11) is 1.32. The van der Waals surface area contributed by atoms with Crippen LogP contribution in [0.1, 0.15) is 12.2 Å². The zero-order valence-electron chi connectivity index (χ0n) is 20.6. The van der Waals surface area contributed by atoms with Crippen molar-refractivity contribution in [2.24, 2.45) is 0 Å². The number of aryl methyl sites for hydroxylation is 2. The monoisotopic (exact) mass is 535 g/mol. The number of likely N-dealkylation sites (tertiary alicyclic amines) is 1. The maximum Gasteiger partial charge on any atom is 0.285 e. The molecule has 0 spiro atoms. The van der Waals surface area contributed by atoms with Crippen LogP contribution in [0.2, 0.25) is 0 Å². The minimum Gasteiger partial charge on any atom is -0.479 e. The fraction of sp³-hybridized carbons (Fsp3) is 0.417. The van der Waals surface area contributed by atoms with Crippen molar-refractivity contribution >= 4 is 28.4 Å². The number of rotatable bonds is 7. The molecule has 38 heavy (non-hydrogen) atoms. The van der Waals surface area contributed by atoms with E-state index < -0.39 is 43.5 Å². The summed E-state index contributed by atoms with van der Waals surface area (Å²) in [6.45, 7) is -0.441. The summed E-state index contributed by atoms with van der Waals surface area (Å²) < 4.78 is 66.2. The van der Waals surface area contributed by atoms with E-state index in [9.17, 15) is 18.0 Å². The van der Waals surface area contributed by atoms with Gasteiger partial charge in [0.1, 0.15) is 24.6 Å². The Hall–Kier alpha value is -3.94. The number of carbonyl (C=O) groups excluding carboxylic acids is 1. The second kappa shape index (κ2) is 9.74. The number of nitrogens with zero attached hydrogens (tertiary/aromatic N) is 6. The number of ether oxygens (including phenoxy) is 1. The van der Waals surface area contributed by atoms with Crippen LogP contribution in [0.15, 0.2) is 24.4 Å². The van der Waals surface area contributed by atoms with E-state index in [1.54, 1.807) is 29.7 Å². The summed E-state index contributed by atoms with van der Waals surface area (Å²) in [5.41, 5.74) is 2.02. The maximum atomic E-state index is 15.3. The zero-order chi connectivity index (χ0) is 27.2. The number of halogens is 4. The van der Waals surface area contributed by atoms with Crippen LogP contribution < -0.4 is 10.1 Å². The summed E-state index contributed by atoms with van der Waals surface area (Å²) in [6.07, 6.45) is 0.967. The average Bonchev–Trinajstić information content (AvgIpc) is 3.39. The van der Waals surface area contributed by atoms with Gasteiger partial charge in [-0.3, -0.25) is 4.79 Å². The molecular weight excluding hydrogens is 510 g/mol. The minimum absolute atomic E-state index is 0.00919. The molecule has 10 nitrogen and oxygen atoms in total. The van der Waals surface area contributed by atoms with Gasteiger partial charge in [-0.05, 0) is 31.0 Å². The molecule has 0 aliphatic carbocycles. The van der Waals surface area contributed by atoms with Gasteiger partial charge in [0.05, 0.1) is 49.0 Å². The molecule has 0 unspecified atom stereocenters. The molecule has 1 amide bonds. The fourth-order valence-corrected chi connectivity index (χ4v) is 4.85. The van der Waals surface area contributed by atoms with Crippen molar-refractivity contribution < 1.29 is 32.2 Å². The van der Waals surface area contributed by atoms with E-state index in [0.717, 1.165) is 15.6 Å². The van der Waals surface area contributed by atoms with E-state index in [0.29, 0.717) is 22.4 Å². The van der Waals surface area contributed by atoms with Crippen molar-refractivity contribution in [3.8, 4) is 17.0 Å². The summed E-state index contributed by atoms with van der Waals surface area (Å²) in [4.78, 5) is 21.2. The van der Waals surface area contributed by atoms with Crippen LogP contribution in [0.3, 0.4) is 0 Å². The number of methoxy groups -OCH3 is 1. The van der Waals surface area contributed by atoms with Crippen molar-refractivity contribution in [1.82, 2.24) is 29.0 Å². The smallest absolute Gasteiger partial charge is 0.285 e. The first-order chi connectivity index (χ1) is 18.2. The Bertz CT molecular complexity index is 1520. The number of fused-ring (bicyclic) bond motifs is 2. The van der Waals surface area contributed by atoms with E-state index >= 15 is 4.39 Å². The van der Waals surface area contributed by atoms with Gasteiger partial charge in [-0.15, -0.1) is 5.10 Å². The highest BCUT2D eigenvalue weighted by molar-refractivity contribution is 5.90. The molecule has 1 fully saturated rings. The van der Waals surface area contributed by atoms with Crippen LogP contribution >= 0.6 is 0 Å². The number of amides is 1. The normalized spacial score (nSPS) is 17.3. The third-order valence-electron chi connectivity index (χ3n) is 6.67. The lowest BCUT2D eigenvalue weighted by Crippen LogP contribution is -2.56. The van der Waals surface area contributed by atoms with E-state index in [-0.39, 0.29) is 42.4 Å². The van der Waals surface area contributed by atoms with E-state index in [4.69, 9.17) is 9.84 Å². The Morgan fingerprint density at radius 1 is 1.32 bits per heavy atom. The standard InChI is InChI=1S/C24H25F4N7O3/c1-13-29-16-4-3-14(9-17(16)34(13)8-6-25)20-15(26)10-35-21(20)22(38-2)31-23(32-35)30-18-5-7-33(19(37)11-36)12-24(18,27)28/h3-4,9-10,18,36H,5-8,11-12H2,1-2H3,(H,30,32)/t18-/m1/s1. The van der Waals surface area contributed by atoms with E-state index in [2.05, 4.69) is 20.4 Å². The predicted octanol–water partition coefficient (Wildman–Crippen LogP) is 2.81. The Labute approximate surface area is 213 Å². The molecule has 202 valence electrons. The lowest BCUT2D eigenvalue weighted by molar-refractivity contribution is -0.145. The van der Waals surface area contributed by atoms with Crippen molar-refractivity contribution in [1.29, 1.82) is 0 Å². The highest BCUT2D eigenvalue weighted by atomic mass is 19.3. The van der Waals surface area contributed by atoms with Gasteiger partial charge in [0.15, 0.2) is 5.82 Å². The first-order valence-electron chi connectivity index (χ1n) is 11.9. The molecular formula is C24H25F4N7O3. The first kappa shape index (κ1) is 25.7. The maximum absolute atomic E-state index is 15.3. The highest BCUT2D eigenvalue weighted by Crippen LogP contribution is 2.36. The van der Waals surface area contributed by atoms with Gasteiger partial charge in [-0.25, -0.2) is 27.1 Å². The molecule has 1 saturated heterocycles. The van der Waals surface area contributed by atoms with Gasteiger partial charge in [-0.2, -0.15) is 4.98 Å². The second-order valence-corrected chi connectivity index (χ2v) is 9.01. The Kier molecular flexibility index (Phi) is 6.59. The predicted molar refractivity (Wildman–Crippen MR) is 130 cm³/mol. The number of imidazole rings is 1. The topological polar surface area (TPSA) is 110 Å². The third-order valence-corrected chi connectivity index (χ3v) is 6.67. The molecule has 1 aliphatic rings. The summed E-state index contributed by atoms with van der Waals surface area (Å²) >= 11 is 0. The number of aliphatic hydroxyl groups is 1. The number of nitrogens with one attached hydrogen (secondary N) is 1. The summed E-state index contributed by atoms with van der Waals surface area (Å²) in [6, 6.07) is 3.65. The van der Waals surface area contributed by atoms with Gasteiger partial charge in [-0.1, -0.05) is 6.07 Å². The highest BCUT2D eigenvalue weighted by Gasteiger charge is 2.46. The number of anilines is 1. The molecule has 1 aromatic carbocycles. The third kappa shape index (κ3) is 4.38. The Balaban J connectivity index is 1.52. The van der Waals surface area contributed by atoms with Crippen LogP contribution in [-0.4, -0.2) is 85.5 Å². The van der Waals surface area contributed by atoms with E-state index in [1.165, 1.54) is 7.11 Å². The minimum atomic E-state index is -3.34. The molecule has 1 aliphatic heterocycles. The van der Waals surface area contributed by atoms with Gasteiger partial charge in [0, 0.05) is 6.54 Å². The largest absolute Gasteiger partial charge is 0.479 e. The Morgan fingerprint density at radius 2 is 2.11 bits per heavy atom. The van der Waals surface area contributed by atoms with Crippen LogP contribution in [0.25, 0.3) is 27.7 Å². The molecule has 5 rings (SSSR count). The molecule has 0 saturated carbocycles. The molecule has 4 heterocycles. The van der Waals surface area contributed by atoms with Crippen LogP contribution in [-0.2, 0) is 11.3 Å². The number of benzene rings is 1. The van der Waals surface area contributed by atoms with Crippen molar-refractivity contribution in [3.63, 3.8) is 0 Å². The molecule has 0 radical (unpaired) electrons. The quantitative estimate of drug-likeness (QED) is 0.350. The molecule has 14 heteroatoms. The SMILES string of the molecule is COc1nc(N[C@@H]2CCN(C(=O)CO)CC2(F)F)nn2cc(F)c(-c3ccc4nc(C)n(CCF)c4c3)c12. The summed E-state index contributed by atoms with van der Waals surface area (Å²) in [5.74, 6) is -4.40. The fourth-order valence-electron chi connectivity index (χ4n) is 4.85. The van der Waals surface area contributed by atoms with Crippen LogP contribution in [0.4, 0.5) is 23.5 Å². The number of alkyl halides is 3. The number of aromatic nitrogens is 5.